The van der Waals surface area contributed by atoms with Gasteiger partial charge in [-0.15, -0.1) is 5.10 Å². The van der Waals surface area contributed by atoms with Crippen molar-refractivity contribution in [2.75, 3.05) is 0 Å². The number of carboxylic acid groups (broad SMARTS) is 1. The third kappa shape index (κ3) is 4.12. The van der Waals surface area contributed by atoms with Crippen LogP contribution in [0.3, 0.4) is 0 Å². The normalized spacial score (nSPS) is 12.8. The molecule has 33 heavy (non-hydrogen) atoms. The van der Waals surface area contributed by atoms with Gasteiger partial charge in [0.15, 0.2) is 0 Å². The molecule has 3 rings (SSSR count). The van der Waals surface area contributed by atoms with Crippen molar-refractivity contribution in [2.45, 2.75) is 31.9 Å². The van der Waals surface area contributed by atoms with E-state index in [1.807, 2.05) is 0 Å². The molecule has 3 aromatic rings. The van der Waals surface area contributed by atoms with Crippen molar-refractivity contribution in [1.82, 2.24) is 20.0 Å². The summed E-state index contributed by atoms with van der Waals surface area (Å²) in [6.45, 7) is 2.37. The average molecular weight is 497 g/mol. The van der Waals surface area contributed by atoms with Crippen molar-refractivity contribution in [3.05, 3.63) is 58.0 Å². The maximum Gasteiger partial charge on any atom is 0.435 e. The van der Waals surface area contributed by atoms with Crippen LogP contribution in [0, 0.1) is 13.8 Å². The molecule has 0 aliphatic carbocycles. The molecule has 0 aliphatic rings. The highest BCUT2D eigenvalue weighted by molar-refractivity contribution is 6.32. The lowest BCUT2D eigenvalue weighted by molar-refractivity contribution is -0.348. The molecule has 0 atom stereocenters. The molecule has 0 bridgehead atoms. The van der Waals surface area contributed by atoms with Crippen molar-refractivity contribution < 1.29 is 40.6 Å². The van der Waals surface area contributed by atoms with Crippen molar-refractivity contribution in [3.8, 4) is 16.9 Å². The van der Waals surface area contributed by atoms with Gasteiger partial charge in [0.2, 0.25) is 0 Å². The van der Waals surface area contributed by atoms with Crippen molar-refractivity contribution in [3.63, 3.8) is 0 Å². The summed E-state index contributed by atoms with van der Waals surface area (Å²) in [7, 11) is 0. The highest BCUT2D eigenvalue weighted by Gasteiger charge is 2.73. The number of pyridine rings is 1. The maximum absolute atomic E-state index is 14.4. The quantitative estimate of drug-likeness (QED) is 0.376. The maximum atomic E-state index is 14.4. The molecule has 0 fully saturated rings. The fourth-order valence-electron chi connectivity index (χ4n) is 3.25. The first-order chi connectivity index (χ1) is 15.1. The summed E-state index contributed by atoms with van der Waals surface area (Å²) in [5.41, 5.74) is -7.45. The zero-order chi connectivity index (χ0) is 24.9. The van der Waals surface area contributed by atoms with E-state index in [0.29, 0.717) is 12.1 Å². The van der Waals surface area contributed by atoms with Gasteiger partial charge in [-0.3, -0.25) is 0 Å². The van der Waals surface area contributed by atoms with Gasteiger partial charge in [0, 0.05) is 17.3 Å². The van der Waals surface area contributed by atoms with E-state index in [1.54, 1.807) is 0 Å². The second-order valence-electron chi connectivity index (χ2n) is 7.03. The van der Waals surface area contributed by atoms with E-state index >= 15 is 0 Å². The van der Waals surface area contributed by atoms with Gasteiger partial charge in [0.25, 0.3) is 0 Å². The first-order valence-corrected chi connectivity index (χ1v) is 9.21. The number of aromatic carboxylic acids is 1. The second kappa shape index (κ2) is 7.97. The predicted octanol–water partition coefficient (Wildman–Crippen LogP) is 5.59. The number of alkyl halides is 7. The van der Waals surface area contributed by atoms with Gasteiger partial charge in [-0.2, -0.15) is 26.3 Å². The molecule has 14 heteroatoms. The smallest absolute Gasteiger partial charge is 0.435 e. The fourth-order valence-corrected chi connectivity index (χ4v) is 3.43. The van der Waals surface area contributed by atoms with Crippen molar-refractivity contribution >= 4 is 17.6 Å². The van der Waals surface area contributed by atoms with E-state index in [0.717, 1.165) is 4.68 Å². The summed E-state index contributed by atoms with van der Waals surface area (Å²) in [5, 5.41) is 16.5. The van der Waals surface area contributed by atoms with Crippen LogP contribution in [0.2, 0.25) is 5.15 Å². The van der Waals surface area contributed by atoms with Gasteiger partial charge >= 0.3 is 24.0 Å². The van der Waals surface area contributed by atoms with E-state index < -0.39 is 29.6 Å². The number of benzene rings is 1. The Hall–Kier alpha value is -3.22. The van der Waals surface area contributed by atoms with Crippen LogP contribution in [-0.2, 0) is 5.67 Å². The molecule has 0 aliphatic heterocycles. The Bertz CT molecular complexity index is 1200. The lowest BCUT2D eigenvalue weighted by atomic mass is 9.90. The number of carboxylic acids is 1. The standard InChI is InChI=1S/C19H12ClF7N4O2/c1-8-3-11(17(21,18(22,23)24)19(25,26)27)4-9(2)14(8)31-7-13(29-30-31)10-5-12(16(32)33)15(20)28-6-10/h3-7H,1-2H3,(H,32,33). The van der Waals surface area contributed by atoms with E-state index in [4.69, 9.17) is 16.7 Å². The third-order valence-electron chi connectivity index (χ3n) is 4.76. The van der Waals surface area contributed by atoms with Crippen LogP contribution >= 0.6 is 11.6 Å². The van der Waals surface area contributed by atoms with Gasteiger partial charge in [-0.25, -0.2) is 18.9 Å². The minimum Gasteiger partial charge on any atom is -0.478 e. The topological polar surface area (TPSA) is 80.9 Å². The Morgan fingerprint density at radius 2 is 1.55 bits per heavy atom. The molecule has 2 heterocycles. The van der Waals surface area contributed by atoms with Crippen LogP contribution < -0.4 is 0 Å². The number of carbonyl (C=O) groups is 1. The monoisotopic (exact) mass is 496 g/mol. The van der Waals surface area contributed by atoms with E-state index in [-0.39, 0.29) is 38.8 Å². The molecule has 0 radical (unpaired) electrons. The van der Waals surface area contributed by atoms with Crippen LogP contribution in [0.4, 0.5) is 30.7 Å². The van der Waals surface area contributed by atoms with Crippen LogP contribution in [0.25, 0.3) is 16.9 Å². The minimum absolute atomic E-state index is 0.0598. The summed E-state index contributed by atoms with van der Waals surface area (Å²) in [6.07, 6.45) is -10.0. The highest BCUT2D eigenvalue weighted by atomic mass is 35.5. The average Bonchev–Trinajstić information content (AvgIpc) is 3.14. The zero-order valence-electron chi connectivity index (χ0n) is 16.6. The molecule has 2 aromatic heterocycles. The van der Waals surface area contributed by atoms with Gasteiger partial charge in [0.1, 0.15) is 10.8 Å². The van der Waals surface area contributed by atoms with Gasteiger partial charge in [-0.05, 0) is 31.0 Å². The van der Waals surface area contributed by atoms with Crippen LogP contribution in [0.1, 0.15) is 27.0 Å². The molecule has 0 spiro atoms. The van der Waals surface area contributed by atoms with Crippen molar-refractivity contribution in [2.24, 2.45) is 0 Å². The Morgan fingerprint density at radius 1 is 1.00 bits per heavy atom. The third-order valence-corrected chi connectivity index (χ3v) is 5.06. The van der Waals surface area contributed by atoms with Crippen LogP contribution in [0.15, 0.2) is 30.6 Å². The molecule has 0 amide bonds. The lowest BCUT2D eigenvalue weighted by Gasteiger charge is -2.31. The first kappa shape index (κ1) is 24.4. The first-order valence-electron chi connectivity index (χ1n) is 8.84. The predicted molar refractivity (Wildman–Crippen MR) is 101 cm³/mol. The Labute approximate surface area is 185 Å². The van der Waals surface area contributed by atoms with Crippen LogP contribution in [-0.4, -0.2) is 43.4 Å². The molecular formula is C19H12ClF7N4O2. The van der Waals surface area contributed by atoms with Gasteiger partial charge < -0.3 is 5.11 Å². The Kier molecular flexibility index (Phi) is 5.90. The summed E-state index contributed by atoms with van der Waals surface area (Å²) in [4.78, 5) is 15.0. The van der Waals surface area contributed by atoms with Crippen LogP contribution in [0.5, 0.6) is 0 Å². The van der Waals surface area contributed by atoms with Gasteiger partial charge in [-0.1, -0.05) is 28.9 Å². The van der Waals surface area contributed by atoms with E-state index in [2.05, 4.69) is 15.3 Å². The number of rotatable bonds is 4. The summed E-state index contributed by atoms with van der Waals surface area (Å²) >= 11 is 5.71. The highest BCUT2D eigenvalue weighted by Crippen LogP contribution is 2.53. The second-order valence-corrected chi connectivity index (χ2v) is 7.39. The summed E-state index contributed by atoms with van der Waals surface area (Å²) in [5.74, 6) is -1.35. The Balaban J connectivity index is 2.10. The lowest BCUT2D eigenvalue weighted by Crippen LogP contribution is -2.50. The van der Waals surface area contributed by atoms with E-state index in [1.165, 1.54) is 32.3 Å². The fraction of sp³-hybridized carbons (Fsp3) is 0.263. The number of halogens is 8. The van der Waals surface area contributed by atoms with Crippen molar-refractivity contribution in [1.29, 1.82) is 0 Å². The number of nitrogens with zero attached hydrogens (tertiary/aromatic N) is 4. The molecule has 0 saturated heterocycles. The Morgan fingerprint density at radius 3 is 2.03 bits per heavy atom. The molecule has 1 N–H and O–H groups in total. The molecule has 176 valence electrons. The van der Waals surface area contributed by atoms with Gasteiger partial charge in [0.05, 0.1) is 17.4 Å². The number of hydrogen-bond acceptors (Lipinski definition) is 4. The molecule has 1 aromatic carbocycles. The largest absolute Gasteiger partial charge is 0.478 e. The minimum atomic E-state index is -6.24. The summed E-state index contributed by atoms with van der Waals surface area (Å²) < 4.78 is 94.1. The number of aromatic nitrogens is 4. The molecule has 0 saturated carbocycles. The summed E-state index contributed by atoms with van der Waals surface area (Å²) in [6, 6.07) is 2.05. The molecular weight excluding hydrogens is 485 g/mol. The molecule has 0 unspecified atom stereocenters. The number of aryl methyl sites for hydroxylation is 2. The molecule has 6 nitrogen and oxygen atoms in total. The van der Waals surface area contributed by atoms with E-state index in [9.17, 15) is 35.5 Å². The SMILES string of the molecule is Cc1cc(C(F)(C(F)(F)F)C(F)(F)F)cc(C)c1-n1cc(-c2cnc(Cl)c(C(=O)O)c2)nn1. The zero-order valence-corrected chi connectivity index (χ0v) is 17.3. The number of hydrogen-bond donors (Lipinski definition) is 1.